The lowest BCUT2D eigenvalue weighted by molar-refractivity contribution is -0.130. The van der Waals surface area contributed by atoms with Gasteiger partial charge in [0.1, 0.15) is 5.82 Å². The molecule has 0 unspecified atom stereocenters. The molecule has 1 aromatic heterocycles. The minimum absolute atomic E-state index is 0.172. The predicted octanol–water partition coefficient (Wildman–Crippen LogP) is 0.961. The van der Waals surface area contributed by atoms with Crippen molar-refractivity contribution in [1.82, 2.24) is 25.0 Å². The van der Waals surface area contributed by atoms with E-state index in [0.29, 0.717) is 19.0 Å². The van der Waals surface area contributed by atoms with Gasteiger partial charge in [0.15, 0.2) is 5.82 Å². The van der Waals surface area contributed by atoms with Crippen LogP contribution in [0.2, 0.25) is 0 Å². The summed E-state index contributed by atoms with van der Waals surface area (Å²) in [5.41, 5.74) is 0. The fraction of sp³-hybridized carbons (Fsp3) is 0.786. The van der Waals surface area contributed by atoms with E-state index in [4.69, 9.17) is 0 Å². The third kappa shape index (κ3) is 3.79. The van der Waals surface area contributed by atoms with Gasteiger partial charge in [-0.2, -0.15) is 0 Å². The second kappa shape index (κ2) is 6.83. The molecule has 2 rings (SSSR count). The lowest BCUT2D eigenvalue weighted by Gasteiger charge is -2.17. The van der Waals surface area contributed by atoms with Crippen LogP contribution in [0.3, 0.4) is 0 Å². The molecule has 0 saturated heterocycles. The van der Waals surface area contributed by atoms with Gasteiger partial charge in [-0.3, -0.25) is 4.79 Å². The number of aryl methyl sites for hydroxylation is 1. The van der Waals surface area contributed by atoms with Crippen molar-refractivity contribution in [3.05, 3.63) is 11.6 Å². The molecule has 1 amide bonds. The first-order chi connectivity index (χ1) is 9.58. The summed E-state index contributed by atoms with van der Waals surface area (Å²) in [6, 6.07) is 0.474. The van der Waals surface area contributed by atoms with Crippen LogP contribution >= 0.6 is 0 Å². The molecule has 6 nitrogen and oxygen atoms in total. The molecule has 1 aliphatic heterocycles. The smallest absolute Gasteiger partial charge is 0.222 e. The number of rotatable bonds is 7. The number of nitrogens with one attached hydrogen (secondary N) is 1. The number of hydrogen-bond acceptors (Lipinski definition) is 4. The van der Waals surface area contributed by atoms with Gasteiger partial charge in [0.25, 0.3) is 0 Å². The molecule has 0 radical (unpaired) electrons. The lowest BCUT2D eigenvalue weighted by atomic mass is 10.2. The highest BCUT2D eigenvalue weighted by Crippen LogP contribution is 2.15. The van der Waals surface area contributed by atoms with Crippen LogP contribution in [-0.4, -0.2) is 45.2 Å². The Balaban J connectivity index is 1.76. The first-order valence-corrected chi connectivity index (χ1v) is 7.46. The van der Waals surface area contributed by atoms with E-state index in [-0.39, 0.29) is 5.91 Å². The van der Waals surface area contributed by atoms with E-state index in [9.17, 15) is 4.79 Å². The number of fused-ring (bicyclic) bond motifs is 1. The van der Waals surface area contributed by atoms with Crippen molar-refractivity contribution in [2.45, 2.75) is 58.7 Å². The average Bonchev–Trinajstić information content (AvgIpc) is 2.99. The molecule has 0 spiro atoms. The van der Waals surface area contributed by atoms with Gasteiger partial charge in [-0.1, -0.05) is 13.8 Å². The van der Waals surface area contributed by atoms with E-state index >= 15 is 0 Å². The quantitative estimate of drug-likeness (QED) is 0.755. The molecule has 1 aliphatic rings. The highest BCUT2D eigenvalue weighted by atomic mass is 16.2. The topological polar surface area (TPSA) is 63.1 Å². The molecular weight excluding hydrogens is 254 g/mol. The van der Waals surface area contributed by atoms with E-state index in [0.717, 1.165) is 44.0 Å². The number of amides is 1. The van der Waals surface area contributed by atoms with Gasteiger partial charge in [-0.25, -0.2) is 0 Å². The highest BCUT2D eigenvalue weighted by Gasteiger charge is 2.19. The fourth-order valence-corrected chi connectivity index (χ4v) is 2.45. The number of hydrogen-bond donors (Lipinski definition) is 1. The van der Waals surface area contributed by atoms with Gasteiger partial charge in [0.05, 0.1) is 6.54 Å². The van der Waals surface area contributed by atoms with Crippen molar-refractivity contribution in [3.8, 4) is 0 Å². The van der Waals surface area contributed by atoms with Gasteiger partial charge in [-0.15, -0.1) is 10.2 Å². The second-order valence-corrected chi connectivity index (χ2v) is 5.75. The number of nitrogens with zero attached hydrogens (tertiary/aromatic N) is 4. The van der Waals surface area contributed by atoms with Crippen LogP contribution in [0.4, 0.5) is 0 Å². The maximum atomic E-state index is 12.1. The summed E-state index contributed by atoms with van der Waals surface area (Å²) in [5, 5.41) is 11.7. The first-order valence-electron chi connectivity index (χ1n) is 7.46. The van der Waals surface area contributed by atoms with Crippen molar-refractivity contribution >= 4 is 5.91 Å². The zero-order valence-electron chi connectivity index (χ0n) is 12.7. The third-order valence-electron chi connectivity index (χ3n) is 3.61. The van der Waals surface area contributed by atoms with Gasteiger partial charge < -0.3 is 14.8 Å². The SMILES string of the molecule is CC(C)NCCCC(=O)N(C)Cc1nnc2n1CCC2. The summed E-state index contributed by atoms with van der Waals surface area (Å²) >= 11 is 0. The van der Waals surface area contributed by atoms with Crippen LogP contribution in [-0.2, 0) is 24.3 Å². The van der Waals surface area contributed by atoms with E-state index < -0.39 is 0 Å². The second-order valence-electron chi connectivity index (χ2n) is 5.75. The molecule has 0 atom stereocenters. The average molecular weight is 279 g/mol. The zero-order chi connectivity index (χ0) is 14.5. The molecule has 0 aliphatic carbocycles. The van der Waals surface area contributed by atoms with Gasteiger partial charge in [0, 0.05) is 32.5 Å². The Morgan fingerprint density at radius 2 is 2.25 bits per heavy atom. The Morgan fingerprint density at radius 3 is 3.00 bits per heavy atom. The van der Waals surface area contributed by atoms with Crippen LogP contribution in [0.5, 0.6) is 0 Å². The number of carbonyl (C=O) groups is 1. The van der Waals surface area contributed by atoms with Crippen LogP contribution < -0.4 is 5.32 Å². The Labute approximate surface area is 120 Å². The summed E-state index contributed by atoms with van der Waals surface area (Å²) in [6.45, 7) is 6.65. The van der Waals surface area contributed by atoms with Crippen molar-refractivity contribution in [1.29, 1.82) is 0 Å². The van der Waals surface area contributed by atoms with Crippen molar-refractivity contribution < 1.29 is 4.79 Å². The Kier molecular flexibility index (Phi) is 5.11. The van der Waals surface area contributed by atoms with Crippen LogP contribution in [0, 0.1) is 0 Å². The summed E-state index contributed by atoms with van der Waals surface area (Å²) in [4.78, 5) is 13.8. The number of carbonyl (C=O) groups excluding carboxylic acids is 1. The lowest BCUT2D eigenvalue weighted by Crippen LogP contribution is -2.29. The maximum absolute atomic E-state index is 12.1. The van der Waals surface area contributed by atoms with Crippen LogP contribution in [0.1, 0.15) is 44.8 Å². The molecular formula is C14H25N5O. The summed E-state index contributed by atoms with van der Waals surface area (Å²) in [7, 11) is 1.84. The van der Waals surface area contributed by atoms with Crippen molar-refractivity contribution in [2.75, 3.05) is 13.6 Å². The largest absolute Gasteiger partial charge is 0.338 e. The number of aromatic nitrogens is 3. The molecule has 2 heterocycles. The molecule has 1 aromatic rings. The van der Waals surface area contributed by atoms with Crippen LogP contribution in [0.15, 0.2) is 0 Å². The molecule has 0 bridgehead atoms. The third-order valence-corrected chi connectivity index (χ3v) is 3.61. The fourth-order valence-electron chi connectivity index (χ4n) is 2.45. The normalized spacial score (nSPS) is 13.8. The van der Waals surface area contributed by atoms with E-state index in [1.165, 1.54) is 0 Å². The molecule has 112 valence electrons. The molecule has 20 heavy (non-hydrogen) atoms. The highest BCUT2D eigenvalue weighted by molar-refractivity contribution is 5.75. The summed E-state index contributed by atoms with van der Waals surface area (Å²) in [5.74, 6) is 2.14. The first kappa shape index (κ1) is 15.0. The summed E-state index contributed by atoms with van der Waals surface area (Å²) < 4.78 is 2.14. The minimum atomic E-state index is 0.172. The van der Waals surface area contributed by atoms with Crippen molar-refractivity contribution in [2.24, 2.45) is 0 Å². The Bertz CT molecular complexity index is 454. The molecule has 0 saturated carbocycles. The maximum Gasteiger partial charge on any atom is 0.222 e. The van der Waals surface area contributed by atoms with E-state index in [2.05, 4.69) is 33.9 Å². The Hall–Kier alpha value is -1.43. The van der Waals surface area contributed by atoms with Gasteiger partial charge in [0.2, 0.25) is 5.91 Å². The zero-order valence-corrected chi connectivity index (χ0v) is 12.7. The van der Waals surface area contributed by atoms with Gasteiger partial charge in [-0.05, 0) is 19.4 Å². The molecule has 0 fully saturated rings. The van der Waals surface area contributed by atoms with Gasteiger partial charge >= 0.3 is 0 Å². The molecule has 6 heteroatoms. The van der Waals surface area contributed by atoms with E-state index in [1.807, 2.05) is 7.05 Å². The standard InChI is InChI=1S/C14H25N5O/c1-11(2)15-8-4-7-14(20)18(3)10-13-17-16-12-6-5-9-19(12)13/h11,15H,4-10H2,1-3H3. The molecule has 1 N–H and O–H groups in total. The predicted molar refractivity (Wildman–Crippen MR) is 77.2 cm³/mol. The van der Waals surface area contributed by atoms with Crippen molar-refractivity contribution in [3.63, 3.8) is 0 Å². The minimum Gasteiger partial charge on any atom is -0.338 e. The monoisotopic (exact) mass is 279 g/mol. The Morgan fingerprint density at radius 1 is 1.45 bits per heavy atom. The van der Waals surface area contributed by atoms with Crippen LogP contribution in [0.25, 0.3) is 0 Å². The van der Waals surface area contributed by atoms with E-state index in [1.54, 1.807) is 4.90 Å². The summed E-state index contributed by atoms with van der Waals surface area (Å²) in [6.07, 6.45) is 3.60. The molecule has 0 aromatic carbocycles.